The highest BCUT2D eigenvalue weighted by atomic mass is 16.5. The molecule has 6 heteroatoms. The molecule has 2 saturated carbocycles. The SMILES string of the molecule is COC(=O)c1ccc(-c2ccc(/C=N/NC(=O)[C@@H]3[C@@H]4CCCC[C@@]34C)o2)cc1. The van der Waals surface area contributed by atoms with Crippen LogP contribution in [0.1, 0.15) is 48.7 Å². The van der Waals surface area contributed by atoms with E-state index in [4.69, 9.17) is 9.15 Å². The van der Waals surface area contributed by atoms with E-state index in [1.165, 1.54) is 26.2 Å². The van der Waals surface area contributed by atoms with E-state index in [0.717, 1.165) is 18.4 Å². The van der Waals surface area contributed by atoms with E-state index < -0.39 is 0 Å². The van der Waals surface area contributed by atoms with Crippen LogP contribution in [0.3, 0.4) is 0 Å². The zero-order chi connectivity index (χ0) is 19.7. The van der Waals surface area contributed by atoms with Crippen LogP contribution in [0, 0.1) is 17.3 Å². The van der Waals surface area contributed by atoms with Crippen LogP contribution >= 0.6 is 0 Å². The third kappa shape index (κ3) is 3.35. The summed E-state index contributed by atoms with van der Waals surface area (Å²) < 4.78 is 10.4. The van der Waals surface area contributed by atoms with Crippen molar-refractivity contribution in [3.8, 4) is 11.3 Å². The molecule has 3 atom stereocenters. The van der Waals surface area contributed by atoms with Gasteiger partial charge >= 0.3 is 5.97 Å². The number of methoxy groups -OCH3 is 1. The normalized spacial score (nSPS) is 25.9. The zero-order valence-electron chi connectivity index (χ0n) is 16.1. The Balaban J connectivity index is 1.36. The lowest BCUT2D eigenvalue weighted by molar-refractivity contribution is -0.123. The van der Waals surface area contributed by atoms with Gasteiger partial charge in [-0.3, -0.25) is 4.79 Å². The lowest BCUT2D eigenvalue weighted by atomic mass is 9.90. The number of hydrogen-bond donors (Lipinski definition) is 1. The van der Waals surface area contributed by atoms with Gasteiger partial charge in [0.2, 0.25) is 5.91 Å². The summed E-state index contributed by atoms with van der Waals surface area (Å²) in [5.74, 6) is 1.44. The predicted octanol–water partition coefficient (Wildman–Crippen LogP) is 4.01. The van der Waals surface area contributed by atoms with Crippen molar-refractivity contribution in [2.75, 3.05) is 7.11 Å². The van der Waals surface area contributed by atoms with Crippen molar-refractivity contribution in [2.24, 2.45) is 22.4 Å². The maximum absolute atomic E-state index is 12.4. The summed E-state index contributed by atoms with van der Waals surface area (Å²) in [6.45, 7) is 2.22. The smallest absolute Gasteiger partial charge is 0.337 e. The second kappa shape index (κ2) is 7.26. The monoisotopic (exact) mass is 380 g/mol. The van der Waals surface area contributed by atoms with E-state index in [-0.39, 0.29) is 23.2 Å². The van der Waals surface area contributed by atoms with Gasteiger partial charge in [0.05, 0.1) is 18.9 Å². The fraction of sp³-hybridized carbons (Fsp3) is 0.409. The zero-order valence-corrected chi connectivity index (χ0v) is 16.1. The molecule has 0 unspecified atom stereocenters. The first-order chi connectivity index (χ1) is 13.5. The van der Waals surface area contributed by atoms with Gasteiger partial charge in [0.1, 0.15) is 11.5 Å². The number of ether oxygens (including phenoxy) is 1. The maximum atomic E-state index is 12.4. The van der Waals surface area contributed by atoms with Gasteiger partial charge in [-0.2, -0.15) is 5.10 Å². The molecule has 0 radical (unpaired) electrons. The number of amides is 1. The molecule has 0 bridgehead atoms. The average molecular weight is 380 g/mol. The van der Waals surface area contributed by atoms with Gasteiger partial charge in [-0.15, -0.1) is 0 Å². The number of hydrazone groups is 1. The highest BCUT2D eigenvalue weighted by Gasteiger charge is 2.64. The first kappa shape index (κ1) is 18.5. The number of nitrogens with zero attached hydrogens (tertiary/aromatic N) is 1. The van der Waals surface area contributed by atoms with Crippen molar-refractivity contribution in [3.63, 3.8) is 0 Å². The van der Waals surface area contributed by atoms with Gasteiger partial charge in [-0.05, 0) is 48.4 Å². The van der Waals surface area contributed by atoms with E-state index in [1.54, 1.807) is 30.3 Å². The quantitative estimate of drug-likeness (QED) is 0.483. The van der Waals surface area contributed by atoms with Crippen LogP contribution in [0.2, 0.25) is 0 Å². The highest BCUT2D eigenvalue weighted by molar-refractivity contribution is 5.90. The minimum atomic E-state index is -0.376. The molecule has 146 valence electrons. The van der Waals surface area contributed by atoms with Crippen LogP contribution in [0.5, 0.6) is 0 Å². The molecule has 2 fully saturated rings. The van der Waals surface area contributed by atoms with Crippen molar-refractivity contribution in [3.05, 3.63) is 47.7 Å². The number of carbonyl (C=O) groups excluding carboxylic acids is 2. The molecule has 0 spiro atoms. The third-order valence-corrected chi connectivity index (χ3v) is 6.20. The van der Waals surface area contributed by atoms with E-state index >= 15 is 0 Å². The second-order valence-corrected chi connectivity index (χ2v) is 7.84. The Bertz CT molecular complexity index is 915. The summed E-state index contributed by atoms with van der Waals surface area (Å²) in [6.07, 6.45) is 6.24. The minimum absolute atomic E-state index is 0.0100. The van der Waals surface area contributed by atoms with Crippen LogP contribution in [-0.4, -0.2) is 25.2 Å². The van der Waals surface area contributed by atoms with E-state index in [1.807, 2.05) is 6.07 Å². The summed E-state index contributed by atoms with van der Waals surface area (Å²) in [5, 5.41) is 4.07. The van der Waals surface area contributed by atoms with Gasteiger partial charge in [0, 0.05) is 11.5 Å². The van der Waals surface area contributed by atoms with Crippen LogP contribution in [0.25, 0.3) is 11.3 Å². The predicted molar refractivity (Wildman–Crippen MR) is 105 cm³/mol. The van der Waals surface area contributed by atoms with E-state index in [9.17, 15) is 9.59 Å². The molecule has 0 saturated heterocycles. The molecule has 1 heterocycles. The molecule has 6 nitrogen and oxygen atoms in total. The first-order valence-electron chi connectivity index (χ1n) is 9.64. The number of nitrogens with one attached hydrogen (secondary N) is 1. The number of hydrogen-bond acceptors (Lipinski definition) is 5. The van der Waals surface area contributed by atoms with Crippen molar-refractivity contribution in [1.29, 1.82) is 0 Å². The maximum Gasteiger partial charge on any atom is 0.337 e. The Hall–Kier alpha value is -2.89. The Kier molecular flexibility index (Phi) is 4.79. The van der Waals surface area contributed by atoms with Crippen molar-refractivity contribution < 1.29 is 18.7 Å². The molecule has 4 rings (SSSR count). The van der Waals surface area contributed by atoms with Crippen molar-refractivity contribution in [1.82, 2.24) is 5.43 Å². The molecule has 1 aromatic carbocycles. The van der Waals surface area contributed by atoms with Gasteiger partial charge in [0.15, 0.2) is 0 Å². The Labute approximate surface area is 164 Å². The number of rotatable bonds is 5. The standard InChI is InChI=1S/C22H24N2O4/c1-22-12-4-3-5-17(22)19(22)20(25)24-23-13-16-10-11-18(28-16)14-6-8-15(9-7-14)21(26)27-2/h6-11,13,17,19H,3-5,12H2,1-2H3,(H,24,25)/b23-13+/t17-,19-,22+/m0/s1. The number of fused-ring (bicyclic) bond motifs is 1. The number of carbonyl (C=O) groups is 2. The van der Waals surface area contributed by atoms with Gasteiger partial charge in [-0.1, -0.05) is 31.9 Å². The minimum Gasteiger partial charge on any atom is -0.465 e. The Morgan fingerprint density at radius 3 is 2.68 bits per heavy atom. The fourth-order valence-corrected chi connectivity index (χ4v) is 4.55. The topological polar surface area (TPSA) is 80.9 Å². The van der Waals surface area contributed by atoms with E-state index in [0.29, 0.717) is 23.0 Å². The molecular formula is C22H24N2O4. The lowest BCUT2D eigenvalue weighted by Gasteiger charge is -2.15. The molecule has 1 amide bonds. The van der Waals surface area contributed by atoms with E-state index in [2.05, 4.69) is 17.5 Å². The van der Waals surface area contributed by atoms with Gasteiger partial charge < -0.3 is 9.15 Å². The molecule has 28 heavy (non-hydrogen) atoms. The summed E-state index contributed by atoms with van der Waals surface area (Å²) in [5.41, 5.74) is 4.16. The van der Waals surface area contributed by atoms with Gasteiger partial charge in [-0.25, -0.2) is 10.2 Å². The number of esters is 1. The molecule has 1 aromatic heterocycles. The molecule has 1 N–H and O–H groups in total. The average Bonchev–Trinajstić information content (AvgIpc) is 3.08. The van der Waals surface area contributed by atoms with Crippen LogP contribution in [0.15, 0.2) is 45.9 Å². The molecule has 2 aromatic rings. The second-order valence-electron chi connectivity index (χ2n) is 7.84. The number of furan rings is 1. The molecular weight excluding hydrogens is 356 g/mol. The fourth-order valence-electron chi connectivity index (χ4n) is 4.55. The highest BCUT2D eigenvalue weighted by Crippen LogP contribution is 2.66. The Morgan fingerprint density at radius 1 is 1.21 bits per heavy atom. The first-order valence-corrected chi connectivity index (χ1v) is 9.64. The third-order valence-electron chi connectivity index (χ3n) is 6.20. The largest absolute Gasteiger partial charge is 0.465 e. The van der Waals surface area contributed by atoms with Crippen molar-refractivity contribution >= 4 is 18.1 Å². The van der Waals surface area contributed by atoms with Crippen LogP contribution in [0.4, 0.5) is 0 Å². The summed E-state index contributed by atoms with van der Waals surface area (Å²) in [6, 6.07) is 10.6. The van der Waals surface area contributed by atoms with Gasteiger partial charge in [0.25, 0.3) is 0 Å². The summed E-state index contributed by atoms with van der Waals surface area (Å²) in [7, 11) is 1.35. The molecule has 0 aliphatic heterocycles. The molecule has 2 aliphatic carbocycles. The van der Waals surface area contributed by atoms with Crippen LogP contribution in [-0.2, 0) is 9.53 Å². The van der Waals surface area contributed by atoms with Crippen molar-refractivity contribution in [2.45, 2.75) is 32.6 Å². The molecule has 2 aliphatic rings. The number of benzene rings is 1. The lowest BCUT2D eigenvalue weighted by Crippen LogP contribution is -2.22. The Morgan fingerprint density at radius 2 is 2.00 bits per heavy atom. The van der Waals surface area contributed by atoms with Crippen LogP contribution < -0.4 is 5.43 Å². The summed E-state index contributed by atoms with van der Waals surface area (Å²) >= 11 is 0. The summed E-state index contributed by atoms with van der Waals surface area (Å²) in [4.78, 5) is 23.9.